The number of benzene rings is 2. The molecule has 154 valence electrons. The summed E-state index contributed by atoms with van der Waals surface area (Å²) in [5.41, 5.74) is 0.00200. The number of anilines is 1. The highest BCUT2D eigenvalue weighted by Gasteiger charge is 2.32. The number of nitrogens with one attached hydrogen (secondary N) is 2. The molecule has 3 rings (SSSR count). The second-order valence-electron chi connectivity index (χ2n) is 5.89. The minimum Gasteiger partial charge on any atom is -0.404 e. The number of hydrogen-bond acceptors (Lipinski definition) is 4. The predicted molar refractivity (Wildman–Crippen MR) is 108 cm³/mol. The molecule has 2 N–H and O–H groups in total. The van der Waals surface area contributed by atoms with Crippen molar-refractivity contribution in [3.05, 3.63) is 88.2 Å². The summed E-state index contributed by atoms with van der Waals surface area (Å²) in [5.74, 6) is -1.90. The van der Waals surface area contributed by atoms with Crippen LogP contribution >= 0.6 is 11.3 Å². The van der Waals surface area contributed by atoms with Gasteiger partial charge in [0.1, 0.15) is 5.70 Å². The number of amides is 2. The zero-order valence-corrected chi connectivity index (χ0v) is 16.1. The molecule has 1 aromatic heterocycles. The molecule has 5 nitrogen and oxygen atoms in total. The molecule has 2 amide bonds. The van der Waals surface area contributed by atoms with Crippen molar-refractivity contribution < 1.29 is 27.5 Å². The van der Waals surface area contributed by atoms with Crippen molar-refractivity contribution in [2.75, 3.05) is 5.32 Å². The summed E-state index contributed by atoms with van der Waals surface area (Å²) in [6, 6.07) is 16.8. The van der Waals surface area contributed by atoms with Gasteiger partial charge in [0, 0.05) is 10.4 Å². The molecule has 0 saturated heterocycles. The van der Waals surface area contributed by atoms with E-state index in [0.717, 1.165) is 6.07 Å². The van der Waals surface area contributed by atoms with Crippen LogP contribution in [0.25, 0.3) is 6.08 Å². The molecule has 1 heterocycles. The van der Waals surface area contributed by atoms with Crippen LogP contribution in [0.1, 0.15) is 15.2 Å². The van der Waals surface area contributed by atoms with Crippen LogP contribution in [0.5, 0.6) is 5.75 Å². The van der Waals surface area contributed by atoms with Crippen LogP contribution in [-0.4, -0.2) is 18.2 Å². The Kier molecular flexibility index (Phi) is 6.53. The molecule has 0 spiro atoms. The SMILES string of the molecule is O=C(Nc1ccccc1OC(F)(F)F)/C(=C\c1cccs1)NC(=O)c1ccccc1. The molecule has 3 aromatic rings. The number of ether oxygens (including phenoxy) is 1. The Morgan fingerprint density at radius 3 is 2.30 bits per heavy atom. The summed E-state index contributed by atoms with van der Waals surface area (Å²) in [5, 5.41) is 6.66. The molecule has 0 atom stereocenters. The standard InChI is InChI=1S/C21H15F3N2O3S/c22-21(23,24)29-18-11-5-4-10-16(18)25-20(28)17(13-15-9-6-12-30-15)26-19(27)14-7-2-1-3-8-14/h1-13H,(H,25,28)(H,26,27)/b17-13+. The van der Waals surface area contributed by atoms with Crippen molar-refractivity contribution in [3.8, 4) is 5.75 Å². The van der Waals surface area contributed by atoms with E-state index in [2.05, 4.69) is 15.4 Å². The normalized spacial score (nSPS) is 11.6. The van der Waals surface area contributed by atoms with Crippen LogP contribution in [0.4, 0.5) is 18.9 Å². The number of para-hydroxylation sites is 2. The third-order valence-corrected chi connectivity index (χ3v) is 4.54. The molecule has 0 unspecified atom stereocenters. The first-order valence-electron chi connectivity index (χ1n) is 8.59. The minimum atomic E-state index is -4.92. The van der Waals surface area contributed by atoms with Crippen LogP contribution < -0.4 is 15.4 Å². The van der Waals surface area contributed by atoms with Crippen LogP contribution in [0.15, 0.2) is 77.8 Å². The molecule has 0 aliphatic heterocycles. The second-order valence-corrected chi connectivity index (χ2v) is 6.87. The molecule has 0 bridgehead atoms. The van der Waals surface area contributed by atoms with E-state index in [1.165, 1.54) is 35.6 Å². The summed E-state index contributed by atoms with van der Waals surface area (Å²) < 4.78 is 41.8. The average molecular weight is 432 g/mol. The smallest absolute Gasteiger partial charge is 0.404 e. The first-order valence-corrected chi connectivity index (χ1v) is 9.47. The highest BCUT2D eigenvalue weighted by Crippen LogP contribution is 2.30. The summed E-state index contributed by atoms with van der Waals surface area (Å²) in [4.78, 5) is 26.0. The Hall–Kier alpha value is -3.59. The first-order chi connectivity index (χ1) is 14.3. The van der Waals surface area contributed by atoms with E-state index >= 15 is 0 Å². The van der Waals surface area contributed by atoms with Gasteiger partial charge in [0.05, 0.1) is 5.69 Å². The molecular formula is C21H15F3N2O3S. The lowest BCUT2D eigenvalue weighted by Crippen LogP contribution is -2.31. The third kappa shape index (κ3) is 5.95. The topological polar surface area (TPSA) is 67.4 Å². The minimum absolute atomic E-state index is 0.131. The molecule has 0 radical (unpaired) electrons. The van der Waals surface area contributed by atoms with Crippen molar-refractivity contribution in [1.82, 2.24) is 5.32 Å². The molecule has 0 saturated carbocycles. The quantitative estimate of drug-likeness (QED) is 0.536. The Morgan fingerprint density at radius 2 is 1.63 bits per heavy atom. The lowest BCUT2D eigenvalue weighted by molar-refractivity contribution is -0.274. The van der Waals surface area contributed by atoms with Gasteiger partial charge in [0.25, 0.3) is 11.8 Å². The molecule has 2 aromatic carbocycles. The van der Waals surface area contributed by atoms with Gasteiger partial charge in [-0.15, -0.1) is 24.5 Å². The van der Waals surface area contributed by atoms with E-state index in [1.54, 1.807) is 47.8 Å². The van der Waals surface area contributed by atoms with Gasteiger partial charge in [-0.2, -0.15) is 0 Å². The highest BCUT2D eigenvalue weighted by molar-refractivity contribution is 7.10. The monoisotopic (exact) mass is 432 g/mol. The summed E-state index contributed by atoms with van der Waals surface area (Å²) in [6.07, 6.45) is -3.48. The van der Waals surface area contributed by atoms with Gasteiger partial charge in [0.2, 0.25) is 0 Å². The predicted octanol–water partition coefficient (Wildman–Crippen LogP) is 5.06. The van der Waals surface area contributed by atoms with E-state index in [0.29, 0.717) is 10.4 Å². The maximum absolute atomic E-state index is 12.8. The van der Waals surface area contributed by atoms with Crippen LogP contribution in [0, 0.1) is 0 Å². The van der Waals surface area contributed by atoms with Gasteiger partial charge in [-0.25, -0.2) is 0 Å². The fraction of sp³-hybridized carbons (Fsp3) is 0.0476. The van der Waals surface area contributed by atoms with Gasteiger partial charge in [0.15, 0.2) is 5.75 Å². The lowest BCUT2D eigenvalue weighted by Gasteiger charge is -2.15. The van der Waals surface area contributed by atoms with E-state index < -0.39 is 23.9 Å². The Bertz CT molecular complexity index is 1050. The molecule has 0 fully saturated rings. The van der Waals surface area contributed by atoms with Gasteiger partial charge >= 0.3 is 6.36 Å². The second kappa shape index (κ2) is 9.27. The van der Waals surface area contributed by atoms with Gasteiger partial charge in [-0.05, 0) is 41.8 Å². The highest BCUT2D eigenvalue weighted by atomic mass is 32.1. The maximum Gasteiger partial charge on any atom is 0.573 e. The Balaban J connectivity index is 1.86. The number of alkyl halides is 3. The number of thiophene rings is 1. The average Bonchev–Trinajstić information content (AvgIpc) is 3.21. The molecule has 0 aliphatic rings. The van der Waals surface area contributed by atoms with Crippen molar-refractivity contribution in [2.45, 2.75) is 6.36 Å². The Labute approximate surface area is 173 Å². The van der Waals surface area contributed by atoms with Crippen molar-refractivity contribution >= 4 is 34.9 Å². The largest absolute Gasteiger partial charge is 0.573 e. The van der Waals surface area contributed by atoms with Crippen LogP contribution in [-0.2, 0) is 4.79 Å². The zero-order valence-electron chi connectivity index (χ0n) is 15.3. The fourth-order valence-electron chi connectivity index (χ4n) is 2.43. The number of rotatable bonds is 6. The van der Waals surface area contributed by atoms with E-state index in [4.69, 9.17) is 0 Å². The van der Waals surface area contributed by atoms with Gasteiger partial charge in [-0.1, -0.05) is 36.4 Å². The van der Waals surface area contributed by atoms with E-state index in [1.807, 2.05) is 0 Å². The number of hydrogen-bond donors (Lipinski definition) is 2. The number of halogens is 3. The Morgan fingerprint density at radius 1 is 0.933 bits per heavy atom. The van der Waals surface area contributed by atoms with Crippen molar-refractivity contribution in [3.63, 3.8) is 0 Å². The molecule has 0 aliphatic carbocycles. The van der Waals surface area contributed by atoms with E-state index in [9.17, 15) is 22.8 Å². The summed E-state index contributed by atoms with van der Waals surface area (Å²) >= 11 is 1.33. The molecular weight excluding hydrogens is 417 g/mol. The third-order valence-electron chi connectivity index (χ3n) is 3.72. The lowest BCUT2D eigenvalue weighted by atomic mass is 10.2. The molecule has 30 heavy (non-hydrogen) atoms. The maximum atomic E-state index is 12.8. The fourth-order valence-corrected chi connectivity index (χ4v) is 3.09. The number of carbonyl (C=O) groups excluding carboxylic acids is 2. The van der Waals surface area contributed by atoms with Crippen LogP contribution in [0.2, 0.25) is 0 Å². The first kappa shape index (κ1) is 21.1. The zero-order chi connectivity index (χ0) is 21.6. The summed E-state index contributed by atoms with van der Waals surface area (Å²) in [6.45, 7) is 0. The molecule has 9 heteroatoms. The van der Waals surface area contributed by atoms with Crippen molar-refractivity contribution in [1.29, 1.82) is 0 Å². The van der Waals surface area contributed by atoms with E-state index in [-0.39, 0.29) is 11.4 Å². The van der Waals surface area contributed by atoms with Crippen molar-refractivity contribution in [2.24, 2.45) is 0 Å². The number of carbonyl (C=O) groups is 2. The van der Waals surface area contributed by atoms with Gasteiger partial charge in [-0.3, -0.25) is 9.59 Å². The summed E-state index contributed by atoms with van der Waals surface area (Å²) in [7, 11) is 0. The van der Waals surface area contributed by atoms with Gasteiger partial charge < -0.3 is 15.4 Å². The van der Waals surface area contributed by atoms with Crippen LogP contribution in [0.3, 0.4) is 0 Å².